The van der Waals surface area contributed by atoms with Gasteiger partial charge in [0, 0.05) is 30.5 Å². The Bertz CT molecular complexity index is 664. The van der Waals surface area contributed by atoms with Crippen molar-refractivity contribution in [1.29, 1.82) is 0 Å². The Labute approximate surface area is 155 Å². The Morgan fingerprint density at radius 2 is 2.12 bits per heavy atom. The van der Waals surface area contributed by atoms with Gasteiger partial charge < -0.3 is 21.5 Å². The van der Waals surface area contributed by atoms with Crippen LogP contribution in [-0.2, 0) is 9.53 Å². The van der Waals surface area contributed by atoms with E-state index in [1.54, 1.807) is 0 Å². The summed E-state index contributed by atoms with van der Waals surface area (Å²) in [5, 5.41) is 3.39. The lowest BCUT2D eigenvalue weighted by Crippen LogP contribution is -2.28. The predicted molar refractivity (Wildman–Crippen MR) is 107 cm³/mol. The SMILES string of the molecule is CCC(Nc1ccccc1N)=C(C=NC1CC(CCC(=O)OC)C1)CN. The summed E-state index contributed by atoms with van der Waals surface area (Å²) >= 11 is 0. The van der Waals surface area contributed by atoms with E-state index in [1.807, 2.05) is 30.5 Å². The lowest BCUT2D eigenvalue weighted by atomic mass is 9.78. The van der Waals surface area contributed by atoms with Crippen LogP contribution in [-0.4, -0.2) is 31.9 Å². The zero-order valence-electron chi connectivity index (χ0n) is 15.7. The topological polar surface area (TPSA) is 103 Å². The maximum atomic E-state index is 11.2. The van der Waals surface area contributed by atoms with Gasteiger partial charge in [-0.2, -0.15) is 0 Å². The summed E-state index contributed by atoms with van der Waals surface area (Å²) in [6, 6.07) is 8.00. The van der Waals surface area contributed by atoms with E-state index in [0.29, 0.717) is 30.6 Å². The smallest absolute Gasteiger partial charge is 0.305 e. The van der Waals surface area contributed by atoms with Crippen molar-refractivity contribution in [3.63, 3.8) is 0 Å². The average molecular weight is 358 g/mol. The third kappa shape index (κ3) is 5.59. The molecule has 0 bridgehead atoms. The second kappa shape index (κ2) is 9.97. The number of anilines is 2. The number of rotatable bonds is 9. The van der Waals surface area contributed by atoms with Crippen LogP contribution in [0.5, 0.6) is 0 Å². The van der Waals surface area contributed by atoms with E-state index in [-0.39, 0.29) is 5.97 Å². The molecule has 0 unspecified atom stereocenters. The van der Waals surface area contributed by atoms with Gasteiger partial charge in [0.1, 0.15) is 0 Å². The molecular weight excluding hydrogens is 328 g/mol. The lowest BCUT2D eigenvalue weighted by molar-refractivity contribution is -0.141. The number of nitrogens with one attached hydrogen (secondary N) is 1. The Morgan fingerprint density at radius 1 is 1.38 bits per heavy atom. The van der Waals surface area contributed by atoms with E-state index in [0.717, 1.165) is 42.6 Å². The first-order valence-electron chi connectivity index (χ1n) is 9.20. The van der Waals surface area contributed by atoms with Crippen LogP contribution in [0.25, 0.3) is 0 Å². The van der Waals surface area contributed by atoms with Gasteiger partial charge in [0.05, 0.1) is 24.5 Å². The molecule has 0 saturated heterocycles. The first kappa shape index (κ1) is 20.0. The fourth-order valence-electron chi connectivity index (χ4n) is 3.10. The molecule has 26 heavy (non-hydrogen) atoms. The van der Waals surface area contributed by atoms with E-state index in [2.05, 4.69) is 22.0 Å². The molecule has 1 aliphatic rings. The number of methoxy groups -OCH3 is 1. The van der Waals surface area contributed by atoms with Crippen molar-refractivity contribution >= 4 is 23.6 Å². The van der Waals surface area contributed by atoms with Gasteiger partial charge >= 0.3 is 5.97 Å². The molecule has 5 N–H and O–H groups in total. The van der Waals surface area contributed by atoms with Crippen molar-refractivity contribution in [2.24, 2.45) is 16.6 Å². The molecular formula is C20H30N4O2. The molecule has 1 fully saturated rings. The minimum atomic E-state index is -0.135. The summed E-state index contributed by atoms with van der Waals surface area (Å²) in [5.41, 5.74) is 15.6. The highest BCUT2D eigenvalue weighted by molar-refractivity contribution is 5.82. The van der Waals surface area contributed by atoms with E-state index in [4.69, 9.17) is 11.5 Å². The third-order valence-corrected chi connectivity index (χ3v) is 4.84. The molecule has 0 aromatic heterocycles. The van der Waals surface area contributed by atoms with Crippen LogP contribution in [0.4, 0.5) is 11.4 Å². The number of hydrogen-bond donors (Lipinski definition) is 3. The van der Waals surface area contributed by atoms with Gasteiger partial charge in [0.15, 0.2) is 0 Å². The first-order chi connectivity index (χ1) is 12.6. The van der Waals surface area contributed by atoms with Gasteiger partial charge in [-0.15, -0.1) is 0 Å². The monoisotopic (exact) mass is 358 g/mol. The molecule has 1 saturated carbocycles. The fraction of sp³-hybridized carbons (Fsp3) is 0.500. The fourth-order valence-corrected chi connectivity index (χ4v) is 3.10. The number of nitrogens with two attached hydrogens (primary N) is 2. The van der Waals surface area contributed by atoms with Gasteiger partial charge in [0.25, 0.3) is 0 Å². The quantitative estimate of drug-likeness (QED) is 0.357. The number of ether oxygens (including phenoxy) is 1. The van der Waals surface area contributed by atoms with Crippen molar-refractivity contribution in [2.75, 3.05) is 24.7 Å². The van der Waals surface area contributed by atoms with E-state index < -0.39 is 0 Å². The van der Waals surface area contributed by atoms with Crippen LogP contribution in [0.3, 0.4) is 0 Å². The zero-order chi connectivity index (χ0) is 18.9. The summed E-state index contributed by atoms with van der Waals surface area (Å²) in [6.07, 6.45) is 6.13. The number of carbonyl (C=O) groups is 1. The number of nitrogens with zero attached hydrogens (tertiary/aromatic N) is 1. The van der Waals surface area contributed by atoms with Crippen LogP contribution < -0.4 is 16.8 Å². The van der Waals surface area contributed by atoms with Gasteiger partial charge in [0.2, 0.25) is 0 Å². The predicted octanol–water partition coefficient (Wildman–Crippen LogP) is 3.11. The third-order valence-electron chi connectivity index (χ3n) is 4.84. The van der Waals surface area contributed by atoms with E-state index in [9.17, 15) is 4.79 Å². The maximum Gasteiger partial charge on any atom is 0.305 e. The Morgan fingerprint density at radius 3 is 2.73 bits per heavy atom. The van der Waals surface area contributed by atoms with Gasteiger partial charge in [-0.1, -0.05) is 19.1 Å². The molecule has 1 aromatic rings. The van der Waals surface area contributed by atoms with Gasteiger partial charge in [-0.3, -0.25) is 9.79 Å². The number of nitrogen functional groups attached to an aromatic ring is 1. The van der Waals surface area contributed by atoms with Crippen molar-refractivity contribution in [1.82, 2.24) is 0 Å². The highest BCUT2D eigenvalue weighted by Gasteiger charge is 2.28. The minimum absolute atomic E-state index is 0.135. The zero-order valence-corrected chi connectivity index (χ0v) is 15.7. The Hall–Kier alpha value is -2.34. The molecule has 2 rings (SSSR count). The molecule has 6 heteroatoms. The normalized spacial score (nSPS) is 20.4. The van der Waals surface area contributed by atoms with Crippen molar-refractivity contribution < 1.29 is 9.53 Å². The second-order valence-corrected chi connectivity index (χ2v) is 6.66. The largest absolute Gasteiger partial charge is 0.469 e. The van der Waals surface area contributed by atoms with E-state index in [1.165, 1.54) is 7.11 Å². The molecule has 142 valence electrons. The average Bonchev–Trinajstić information content (AvgIpc) is 2.62. The summed E-state index contributed by atoms with van der Waals surface area (Å²) in [4.78, 5) is 15.9. The van der Waals surface area contributed by atoms with Crippen LogP contribution in [0.15, 0.2) is 40.5 Å². The van der Waals surface area contributed by atoms with E-state index >= 15 is 0 Å². The molecule has 0 amide bonds. The summed E-state index contributed by atoms with van der Waals surface area (Å²) in [7, 11) is 1.43. The van der Waals surface area contributed by atoms with Gasteiger partial charge in [-0.05, 0) is 43.7 Å². The summed E-state index contributed by atoms with van der Waals surface area (Å²) in [6.45, 7) is 2.50. The second-order valence-electron chi connectivity index (χ2n) is 6.66. The Kier molecular flexibility index (Phi) is 7.66. The first-order valence-corrected chi connectivity index (χ1v) is 9.20. The molecule has 1 aliphatic carbocycles. The molecule has 1 aromatic carbocycles. The van der Waals surface area contributed by atoms with Gasteiger partial charge in [-0.25, -0.2) is 0 Å². The van der Waals surface area contributed by atoms with Crippen LogP contribution in [0.2, 0.25) is 0 Å². The molecule has 0 aliphatic heterocycles. The number of hydrogen-bond acceptors (Lipinski definition) is 6. The highest BCUT2D eigenvalue weighted by atomic mass is 16.5. The molecule has 0 radical (unpaired) electrons. The number of para-hydroxylation sites is 2. The van der Waals surface area contributed by atoms with Crippen molar-refractivity contribution in [3.8, 4) is 0 Å². The van der Waals surface area contributed by atoms with Crippen molar-refractivity contribution in [2.45, 2.75) is 45.1 Å². The highest BCUT2D eigenvalue weighted by Crippen LogP contribution is 2.33. The van der Waals surface area contributed by atoms with Crippen molar-refractivity contribution in [3.05, 3.63) is 35.5 Å². The number of benzene rings is 1. The summed E-state index contributed by atoms with van der Waals surface area (Å²) in [5.74, 6) is 0.429. The van der Waals surface area contributed by atoms with Crippen LogP contribution in [0, 0.1) is 5.92 Å². The minimum Gasteiger partial charge on any atom is -0.469 e. The molecule has 0 heterocycles. The molecule has 0 spiro atoms. The summed E-state index contributed by atoms with van der Waals surface area (Å²) < 4.78 is 4.68. The number of allylic oxidation sites excluding steroid dienone is 1. The number of aliphatic imine (C=N–C) groups is 1. The van der Waals surface area contributed by atoms with Crippen LogP contribution >= 0.6 is 0 Å². The number of carbonyl (C=O) groups excluding carboxylic acids is 1. The Balaban J connectivity index is 1.92. The standard InChI is InChI=1S/C20H30N4O2/c1-3-18(24-19-7-5-4-6-17(19)22)15(12-21)13-23-16-10-14(11-16)8-9-20(25)26-2/h4-7,13-14,16,24H,3,8-12,21-22H2,1-2H3. The lowest BCUT2D eigenvalue weighted by Gasteiger charge is -2.32. The maximum absolute atomic E-state index is 11.2. The van der Waals surface area contributed by atoms with Crippen LogP contribution in [0.1, 0.15) is 39.0 Å². The molecule has 0 atom stereocenters. The molecule has 6 nitrogen and oxygen atoms in total. The number of esters is 1.